The van der Waals surface area contributed by atoms with Crippen molar-refractivity contribution in [1.29, 1.82) is 0 Å². The zero-order valence-electron chi connectivity index (χ0n) is 11.3. The Morgan fingerprint density at radius 1 is 1.42 bits per heavy atom. The Bertz CT molecular complexity index is 575. The van der Waals surface area contributed by atoms with Crippen LogP contribution in [0.1, 0.15) is 41.6 Å². The third-order valence-corrected chi connectivity index (χ3v) is 3.64. The van der Waals surface area contributed by atoms with Crippen molar-refractivity contribution in [3.63, 3.8) is 0 Å². The molecule has 0 N–H and O–H groups in total. The first kappa shape index (κ1) is 13.7. The minimum absolute atomic E-state index is 0.0218. The van der Waals surface area contributed by atoms with Gasteiger partial charge >= 0.3 is 0 Å². The van der Waals surface area contributed by atoms with E-state index >= 15 is 0 Å². The fraction of sp³-hybridized carbons (Fsp3) is 0.333. The molecule has 100 valence electrons. The van der Waals surface area contributed by atoms with Crippen LogP contribution in [0.4, 0.5) is 0 Å². The number of hydrogen-bond donors (Lipinski definition) is 0. The lowest BCUT2D eigenvalue weighted by Crippen LogP contribution is -2.08. The van der Waals surface area contributed by atoms with Gasteiger partial charge in [0.05, 0.1) is 17.2 Å². The van der Waals surface area contributed by atoms with Crippen LogP contribution in [0.3, 0.4) is 0 Å². The van der Waals surface area contributed by atoms with Gasteiger partial charge < -0.3 is 4.74 Å². The molecule has 0 aliphatic rings. The molecule has 0 aromatic carbocycles. The van der Waals surface area contributed by atoms with Crippen molar-refractivity contribution in [2.45, 2.75) is 33.3 Å². The molecule has 0 saturated heterocycles. The van der Waals surface area contributed by atoms with Gasteiger partial charge in [0.1, 0.15) is 5.75 Å². The summed E-state index contributed by atoms with van der Waals surface area (Å²) < 4.78 is 5.57. The summed E-state index contributed by atoms with van der Waals surface area (Å²) in [4.78, 5) is 17.3. The van der Waals surface area contributed by atoms with Crippen LogP contribution < -0.4 is 4.74 Å². The summed E-state index contributed by atoms with van der Waals surface area (Å²) in [6, 6.07) is 3.76. The SMILES string of the molecule is CCc1ccsc1C(=O)c1cncc(OC(C)C)c1. The topological polar surface area (TPSA) is 39.2 Å². The Morgan fingerprint density at radius 2 is 2.21 bits per heavy atom. The van der Waals surface area contributed by atoms with Gasteiger partial charge in [-0.3, -0.25) is 9.78 Å². The van der Waals surface area contributed by atoms with Gasteiger partial charge in [-0.05, 0) is 43.3 Å². The number of pyridine rings is 1. The van der Waals surface area contributed by atoms with Crippen molar-refractivity contribution in [3.05, 3.63) is 45.9 Å². The molecule has 2 heterocycles. The summed E-state index contributed by atoms with van der Waals surface area (Å²) in [5, 5.41) is 1.95. The van der Waals surface area contributed by atoms with Gasteiger partial charge in [-0.15, -0.1) is 11.3 Å². The van der Waals surface area contributed by atoms with Crippen molar-refractivity contribution >= 4 is 17.1 Å². The molecule has 0 fully saturated rings. The second-order valence-corrected chi connectivity index (χ2v) is 5.45. The van der Waals surface area contributed by atoms with Crippen molar-refractivity contribution in [2.75, 3.05) is 0 Å². The lowest BCUT2D eigenvalue weighted by atomic mass is 10.1. The molecule has 3 nitrogen and oxygen atoms in total. The maximum atomic E-state index is 12.4. The molecule has 0 radical (unpaired) electrons. The zero-order valence-corrected chi connectivity index (χ0v) is 12.2. The lowest BCUT2D eigenvalue weighted by molar-refractivity contribution is 0.104. The maximum Gasteiger partial charge on any atom is 0.204 e. The highest BCUT2D eigenvalue weighted by Gasteiger charge is 2.15. The van der Waals surface area contributed by atoms with E-state index < -0.39 is 0 Å². The number of aromatic nitrogens is 1. The van der Waals surface area contributed by atoms with E-state index in [1.807, 2.05) is 25.3 Å². The first-order valence-corrected chi connectivity index (χ1v) is 7.22. The van der Waals surface area contributed by atoms with Crippen molar-refractivity contribution in [2.24, 2.45) is 0 Å². The van der Waals surface area contributed by atoms with Gasteiger partial charge in [-0.25, -0.2) is 0 Å². The molecule has 0 amide bonds. The molecule has 0 unspecified atom stereocenters. The van der Waals surface area contributed by atoms with E-state index in [0.29, 0.717) is 11.3 Å². The van der Waals surface area contributed by atoms with Crippen LogP contribution in [0, 0.1) is 0 Å². The van der Waals surface area contributed by atoms with Crippen molar-refractivity contribution in [3.8, 4) is 5.75 Å². The number of ether oxygens (including phenoxy) is 1. The number of thiophene rings is 1. The fourth-order valence-electron chi connectivity index (χ4n) is 1.82. The van der Waals surface area contributed by atoms with Crippen molar-refractivity contribution < 1.29 is 9.53 Å². The van der Waals surface area contributed by atoms with Gasteiger partial charge in [0.2, 0.25) is 5.78 Å². The summed E-state index contributed by atoms with van der Waals surface area (Å²) in [6.07, 6.45) is 4.15. The van der Waals surface area contributed by atoms with Crippen LogP contribution >= 0.6 is 11.3 Å². The summed E-state index contributed by atoms with van der Waals surface area (Å²) in [5.74, 6) is 0.656. The molecule has 0 aliphatic heterocycles. The highest BCUT2D eigenvalue weighted by atomic mass is 32.1. The van der Waals surface area contributed by atoms with E-state index in [1.54, 1.807) is 18.5 Å². The number of rotatable bonds is 5. The molecule has 0 bridgehead atoms. The summed E-state index contributed by atoms with van der Waals surface area (Å²) in [7, 11) is 0. The van der Waals surface area contributed by atoms with Crippen molar-refractivity contribution in [1.82, 2.24) is 4.98 Å². The molecule has 19 heavy (non-hydrogen) atoms. The first-order chi connectivity index (χ1) is 9.11. The Labute approximate surface area is 117 Å². The van der Waals surface area contributed by atoms with E-state index in [4.69, 9.17) is 4.74 Å². The fourth-order valence-corrected chi connectivity index (χ4v) is 2.78. The van der Waals surface area contributed by atoms with E-state index in [9.17, 15) is 4.79 Å². The number of carbonyl (C=O) groups excluding carboxylic acids is 1. The highest BCUT2D eigenvalue weighted by Crippen LogP contribution is 2.23. The number of ketones is 1. The van der Waals surface area contributed by atoms with Crippen LogP contribution in [0.2, 0.25) is 0 Å². The van der Waals surface area contributed by atoms with Gasteiger partial charge in [0, 0.05) is 11.8 Å². The van der Waals surface area contributed by atoms with E-state index in [1.165, 1.54) is 11.3 Å². The normalized spacial score (nSPS) is 10.7. The summed E-state index contributed by atoms with van der Waals surface area (Å²) >= 11 is 1.48. The molecule has 4 heteroatoms. The summed E-state index contributed by atoms with van der Waals surface area (Å²) in [5.41, 5.74) is 1.67. The predicted molar refractivity (Wildman–Crippen MR) is 77.1 cm³/mol. The molecule has 0 aliphatic carbocycles. The zero-order chi connectivity index (χ0) is 13.8. The second kappa shape index (κ2) is 5.97. The van der Waals surface area contributed by atoms with Crippen LogP contribution in [0.25, 0.3) is 0 Å². The Hall–Kier alpha value is -1.68. The minimum atomic E-state index is 0.0218. The number of nitrogens with zero attached hydrogens (tertiary/aromatic N) is 1. The molecule has 2 rings (SSSR count). The quantitative estimate of drug-likeness (QED) is 0.781. The van der Waals surface area contributed by atoms with Crippen LogP contribution in [0.5, 0.6) is 5.75 Å². The Balaban J connectivity index is 2.29. The summed E-state index contributed by atoms with van der Waals surface area (Å²) in [6.45, 7) is 5.95. The largest absolute Gasteiger partial charge is 0.489 e. The predicted octanol–water partition coefficient (Wildman–Crippen LogP) is 3.72. The molecule has 0 saturated carbocycles. The van der Waals surface area contributed by atoms with Gasteiger partial charge in [0.25, 0.3) is 0 Å². The van der Waals surface area contributed by atoms with Gasteiger partial charge in [-0.1, -0.05) is 6.92 Å². The number of aryl methyl sites for hydroxylation is 1. The molecule has 0 atom stereocenters. The van der Waals surface area contributed by atoms with Crippen LogP contribution in [-0.2, 0) is 6.42 Å². The van der Waals surface area contributed by atoms with Gasteiger partial charge in [0.15, 0.2) is 0 Å². The molecule has 2 aromatic heterocycles. The van der Waals surface area contributed by atoms with E-state index in [0.717, 1.165) is 16.9 Å². The number of carbonyl (C=O) groups is 1. The highest BCUT2D eigenvalue weighted by molar-refractivity contribution is 7.12. The van der Waals surface area contributed by atoms with E-state index in [2.05, 4.69) is 11.9 Å². The van der Waals surface area contributed by atoms with Crippen LogP contribution in [-0.4, -0.2) is 16.9 Å². The third-order valence-electron chi connectivity index (χ3n) is 2.68. The monoisotopic (exact) mass is 275 g/mol. The standard InChI is InChI=1S/C15H17NO2S/c1-4-11-5-6-19-15(11)14(17)12-7-13(9-16-8-12)18-10(2)3/h5-10H,4H2,1-3H3. The molecule has 0 spiro atoms. The maximum absolute atomic E-state index is 12.4. The third kappa shape index (κ3) is 3.20. The average Bonchev–Trinajstić information content (AvgIpc) is 2.85. The Morgan fingerprint density at radius 3 is 2.89 bits per heavy atom. The molecule has 2 aromatic rings. The lowest BCUT2D eigenvalue weighted by Gasteiger charge is -2.10. The Kier molecular flexibility index (Phi) is 4.32. The second-order valence-electron chi connectivity index (χ2n) is 4.53. The van der Waals surface area contributed by atoms with Crippen LogP contribution in [0.15, 0.2) is 29.9 Å². The number of hydrogen-bond acceptors (Lipinski definition) is 4. The minimum Gasteiger partial charge on any atom is -0.489 e. The van der Waals surface area contributed by atoms with Gasteiger partial charge in [-0.2, -0.15) is 0 Å². The average molecular weight is 275 g/mol. The smallest absolute Gasteiger partial charge is 0.204 e. The van der Waals surface area contributed by atoms with E-state index in [-0.39, 0.29) is 11.9 Å². The molecular formula is C15H17NO2S. The molecular weight excluding hydrogens is 258 g/mol. The first-order valence-electron chi connectivity index (χ1n) is 6.34.